The first kappa shape index (κ1) is 13.2. The maximum absolute atomic E-state index is 10.8. The Morgan fingerprint density at radius 2 is 2.11 bits per heavy atom. The van der Waals surface area contributed by atoms with Crippen molar-refractivity contribution in [3.8, 4) is 16.9 Å². The summed E-state index contributed by atoms with van der Waals surface area (Å²) in [6.07, 6.45) is 3.40. The summed E-state index contributed by atoms with van der Waals surface area (Å²) in [7, 11) is 0. The number of ether oxygens (including phenoxy) is 1. The molecule has 3 N–H and O–H groups in total. The second-order valence-electron chi connectivity index (χ2n) is 4.44. The lowest BCUT2D eigenvalue weighted by Gasteiger charge is -2.16. The standard InChI is InChI=1S/C14H16N3O2/c1-9(2)19-14-8-16-6-5-11(14)10-3-4-12(15)13(7-10)17-18/h3-9,17H,15H2,1-2H3/q-1. The minimum atomic E-state index is 0.0498. The van der Waals surface area contributed by atoms with E-state index in [0.717, 1.165) is 11.1 Å². The van der Waals surface area contributed by atoms with Gasteiger partial charge in [-0.1, -0.05) is 6.07 Å². The van der Waals surface area contributed by atoms with E-state index < -0.39 is 0 Å². The average molecular weight is 258 g/mol. The van der Waals surface area contributed by atoms with Gasteiger partial charge in [0.2, 0.25) is 0 Å². The van der Waals surface area contributed by atoms with Crippen molar-refractivity contribution in [2.75, 3.05) is 11.2 Å². The van der Waals surface area contributed by atoms with E-state index in [1.807, 2.05) is 31.5 Å². The van der Waals surface area contributed by atoms with Gasteiger partial charge in [-0.2, -0.15) is 0 Å². The molecule has 1 heterocycles. The van der Waals surface area contributed by atoms with Crippen molar-refractivity contribution in [2.24, 2.45) is 0 Å². The number of aromatic nitrogens is 1. The van der Waals surface area contributed by atoms with Gasteiger partial charge in [0.1, 0.15) is 5.75 Å². The Hall–Kier alpha value is -2.27. The zero-order valence-corrected chi connectivity index (χ0v) is 10.9. The summed E-state index contributed by atoms with van der Waals surface area (Å²) in [5, 5.41) is 10.8. The third-order valence-corrected chi connectivity index (χ3v) is 2.62. The van der Waals surface area contributed by atoms with Crippen molar-refractivity contribution in [3.05, 3.63) is 41.9 Å². The summed E-state index contributed by atoms with van der Waals surface area (Å²) in [4.78, 5) is 4.06. The molecule has 19 heavy (non-hydrogen) atoms. The first-order chi connectivity index (χ1) is 9.11. The van der Waals surface area contributed by atoms with Crippen LogP contribution in [0.3, 0.4) is 0 Å². The van der Waals surface area contributed by atoms with Crippen LogP contribution < -0.4 is 16.0 Å². The minimum absolute atomic E-state index is 0.0498. The monoisotopic (exact) mass is 258 g/mol. The fourth-order valence-corrected chi connectivity index (χ4v) is 1.78. The molecule has 0 atom stereocenters. The van der Waals surface area contributed by atoms with Gasteiger partial charge >= 0.3 is 0 Å². The average Bonchev–Trinajstić information content (AvgIpc) is 2.39. The Morgan fingerprint density at radius 3 is 2.79 bits per heavy atom. The highest BCUT2D eigenvalue weighted by Gasteiger charge is 2.09. The third-order valence-electron chi connectivity index (χ3n) is 2.62. The van der Waals surface area contributed by atoms with Crippen LogP contribution in [0.5, 0.6) is 5.75 Å². The zero-order valence-electron chi connectivity index (χ0n) is 10.9. The summed E-state index contributed by atoms with van der Waals surface area (Å²) in [6, 6.07) is 7.08. The smallest absolute Gasteiger partial charge is 0.145 e. The van der Waals surface area contributed by atoms with Crippen molar-refractivity contribution in [3.63, 3.8) is 0 Å². The Balaban J connectivity index is 2.46. The summed E-state index contributed by atoms with van der Waals surface area (Å²) in [5.74, 6) is 0.680. The van der Waals surface area contributed by atoms with Crippen molar-refractivity contribution in [1.29, 1.82) is 0 Å². The molecule has 0 spiro atoms. The summed E-state index contributed by atoms with van der Waals surface area (Å²) < 4.78 is 5.71. The van der Waals surface area contributed by atoms with Gasteiger partial charge in [-0.3, -0.25) is 4.98 Å². The molecule has 0 radical (unpaired) electrons. The lowest BCUT2D eigenvalue weighted by Crippen LogP contribution is -2.06. The fraction of sp³-hybridized carbons (Fsp3) is 0.214. The Kier molecular flexibility index (Phi) is 3.87. The van der Waals surface area contributed by atoms with Crippen LogP contribution in [-0.4, -0.2) is 11.1 Å². The molecule has 0 aliphatic carbocycles. The first-order valence-corrected chi connectivity index (χ1v) is 6.00. The van der Waals surface area contributed by atoms with Crippen LogP contribution in [-0.2, 0) is 0 Å². The topological polar surface area (TPSA) is 83.2 Å². The van der Waals surface area contributed by atoms with E-state index in [1.54, 1.807) is 24.5 Å². The van der Waals surface area contributed by atoms with Crippen LogP contribution >= 0.6 is 0 Å². The van der Waals surface area contributed by atoms with Gasteiger partial charge in [0, 0.05) is 17.4 Å². The summed E-state index contributed by atoms with van der Waals surface area (Å²) >= 11 is 0. The number of nitrogen functional groups attached to an aromatic ring is 1. The molecule has 1 aromatic carbocycles. The molecule has 0 unspecified atom stereocenters. The second kappa shape index (κ2) is 5.58. The van der Waals surface area contributed by atoms with Crippen LogP contribution in [0.15, 0.2) is 36.7 Å². The largest absolute Gasteiger partial charge is 0.761 e. The van der Waals surface area contributed by atoms with Crippen LogP contribution in [0.2, 0.25) is 0 Å². The van der Waals surface area contributed by atoms with E-state index in [9.17, 15) is 5.21 Å². The molecule has 0 saturated carbocycles. The molecule has 5 nitrogen and oxygen atoms in total. The Bertz CT molecular complexity index is 570. The number of nitrogens with one attached hydrogen (secondary N) is 1. The van der Waals surface area contributed by atoms with Crippen LogP contribution in [0.25, 0.3) is 11.1 Å². The van der Waals surface area contributed by atoms with E-state index in [4.69, 9.17) is 10.5 Å². The molecular formula is C14H16N3O2-. The van der Waals surface area contributed by atoms with E-state index >= 15 is 0 Å². The molecule has 1 aromatic heterocycles. The molecule has 0 saturated heterocycles. The number of rotatable bonds is 4. The lowest BCUT2D eigenvalue weighted by molar-refractivity contribution is 0.242. The van der Waals surface area contributed by atoms with Gasteiger partial charge in [0.15, 0.2) is 0 Å². The zero-order chi connectivity index (χ0) is 13.8. The predicted octanol–water partition coefficient (Wildman–Crippen LogP) is 3.03. The van der Waals surface area contributed by atoms with Gasteiger partial charge in [-0.05, 0) is 37.6 Å². The molecule has 0 aliphatic heterocycles. The van der Waals surface area contributed by atoms with Crippen molar-refractivity contribution in [1.82, 2.24) is 4.98 Å². The van der Waals surface area contributed by atoms with Crippen LogP contribution in [0.4, 0.5) is 11.4 Å². The van der Waals surface area contributed by atoms with Gasteiger partial charge in [0.25, 0.3) is 0 Å². The number of nitrogens with zero attached hydrogens (tertiary/aromatic N) is 1. The summed E-state index contributed by atoms with van der Waals surface area (Å²) in [5.41, 5.74) is 10.0. The third kappa shape index (κ3) is 2.95. The van der Waals surface area contributed by atoms with E-state index in [0.29, 0.717) is 17.1 Å². The maximum Gasteiger partial charge on any atom is 0.145 e. The fourth-order valence-electron chi connectivity index (χ4n) is 1.78. The Morgan fingerprint density at radius 1 is 1.32 bits per heavy atom. The van der Waals surface area contributed by atoms with Gasteiger partial charge < -0.3 is 21.2 Å². The number of hydrogen-bond donors (Lipinski definition) is 2. The number of benzene rings is 1. The molecule has 2 aromatic rings. The normalized spacial score (nSPS) is 10.5. The molecule has 0 aliphatic rings. The SMILES string of the molecule is CC(C)Oc1cnccc1-c1ccc(N)c(N[O-])c1. The van der Waals surface area contributed by atoms with Crippen molar-refractivity contribution in [2.45, 2.75) is 20.0 Å². The van der Waals surface area contributed by atoms with Crippen molar-refractivity contribution >= 4 is 11.4 Å². The van der Waals surface area contributed by atoms with Crippen LogP contribution in [0, 0.1) is 5.21 Å². The van der Waals surface area contributed by atoms with E-state index in [2.05, 4.69) is 4.98 Å². The van der Waals surface area contributed by atoms with Gasteiger partial charge in [-0.15, -0.1) is 0 Å². The molecule has 100 valence electrons. The highest BCUT2D eigenvalue weighted by molar-refractivity contribution is 5.78. The number of hydrogen-bond acceptors (Lipinski definition) is 5. The molecule has 0 bridgehead atoms. The highest BCUT2D eigenvalue weighted by atomic mass is 16.5. The predicted molar refractivity (Wildman–Crippen MR) is 76.8 cm³/mol. The maximum atomic E-state index is 10.8. The number of anilines is 2. The molecule has 0 amide bonds. The van der Waals surface area contributed by atoms with Gasteiger partial charge in [0.05, 0.1) is 18.0 Å². The molecule has 2 rings (SSSR count). The molecular weight excluding hydrogens is 242 g/mol. The molecule has 5 heteroatoms. The van der Waals surface area contributed by atoms with Crippen LogP contribution in [0.1, 0.15) is 13.8 Å². The number of nitrogens with two attached hydrogens (primary N) is 1. The van der Waals surface area contributed by atoms with Crippen molar-refractivity contribution < 1.29 is 4.74 Å². The quantitative estimate of drug-likeness (QED) is 0.650. The minimum Gasteiger partial charge on any atom is -0.761 e. The summed E-state index contributed by atoms with van der Waals surface area (Å²) in [6.45, 7) is 3.90. The number of pyridine rings is 1. The Labute approximate surface area is 112 Å². The second-order valence-corrected chi connectivity index (χ2v) is 4.44. The lowest BCUT2D eigenvalue weighted by atomic mass is 10.0. The first-order valence-electron chi connectivity index (χ1n) is 6.00. The highest BCUT2D eigenvalue weighted by Crippen LogP contribution is 2.33. The van der Waals surface area contributed by atoms with E-state index in [1.165, 1.54) is 0 Å². The molecule has 0 fully saturated rings. The van der Waals surface area contributed by atoms with Gasteiger partial charge in [-0.25, -0.2) is 0 Å². The van der Waals surface area contributed by atoms with E-state index in [-0.39, 0.29) is 6.10 Å².